The lowest BCUT2D eigenvalue weighted by atomic mass is 9.53. The average molecular weight is 181 g/mol. The zero-order chi connectivity index (χ0) is 9.05. The Bertz CT molecular complexity index is 192. The second-order valence-electron chi connectivity index (χ2n) is 5.47. The topological polar surface area (TPSA) is 52.3 Å². The van der Waals surface area contributed by atoms with Gasteiger partial charge in [0.15, 0.2) is 0 Å². The van der Waals surface area contributed by atoms with Crippen molar-refractivity contribution in [1.82, 2.24) is 5.17 Å². The summed E-state index contributed by atoms with van der Waals surface area (Å²) in [4.78, 5) is 0. The van der Waals surface area contributed by atoms with Crippen LogP contribution in [-0.2, 0) is 0 Å². The highest BCUT2D eigenvalue weighted by Crippen LogP contribution is 2.56. The Kier molecular flexibility index (Phi) is 1.56. The Balaban J connectivity index is 1.91. The van der Waals surface area contributed by atoms with Gasteiger partial charge in [0.1, 0.15) is 0 Å². The molecule has 3 nitrogen and oxygen atoms in total. The second-order valence-corrected chi connectivity index (χ2v) is 5.47. The summed E-state index contributed by atoms with van der Waals surface area (Å²) in [6.45, 7) is 0. The molecule has 4 saturated carbocycles. The van der Waals surface area contributed by atoms with Crippen LogP contribution < -0.4 is 5.84 Å². The highest BCUT2D eigenvalue weighted by molar-refractivity contribution is 5.06. The van der Waals surface area contributed by atoms with Gasteiger partial charge in [-0.25, -0.2) is 0 Å². The molecule has 13 heavy (non-hydrogen) atoms. The van der Waals surface area contributed by atoms with Crippen molar-refractivity contribution in [2.75, 3.05) is 0 Å². The van der Waals surface area contributed by atoms with E-state index in [9.17, 15) is 5.21 Å². The van der Waals surface area contributed by atoms with Crippen molar-refractivity contribution in [3.8, 4) is 0 Å². The summed E-state index contributed by atoms with van der Waals surface area (Å²) in [6, 6.07) is 0. The van der Waals surface area contributed by atoms with Crippen molar-refractivity contribution in [1.29, 1.82) is 0 Å². The molecule has 4 bridgehead atoms. The van der Waals surface area contributed by atoms with Crippen LogP contribution in [0.4, 0.5) is 0 Å². The van der Waals surface area contributed by atoms with Gasteiger partial charge in [0.2, 0.25) is 0 Å². The van der Waals surface area contributed by atoms with Crippen LogP contribution in [0.15, 0.2) is 0 Å². The quantitative estimate of drug-likeness (QED) is 0.494. The van der Waals surface area contributed by atoms with Gasteiger partial charge in [0.25, 0.3) is 0 Å². The van der Waals surface area contributed by atoms with E-state index in [1.54, 1.807) is 0 Å². The highest BCUT2D eigenvalue weighted by Gasteiger charge is 2.51. The minimum absolute atomic E-state index is 0.144. The summed E-state index contributed by atoms with van der Waals surface area (Å²) in [5.41, 5.74) is -0.144. The molecule has 0 amide bonds. The van der Waals surface area contributed by atoms with Gasteiger partial charge in [-0.2, -0.15) is 0 Å². The first kappa shape index (κ1) is 8.21. The SMILES string of the molecule is NN([O-])C12CC3CC(CC(C3)C1)C2. The first-order chi connectivity index (χ1) is 6.18. The van der Waals surface area contributed by atoms with Crippen LogP contribution in [0.5, 0.6) is 0 Å². The molecule has 0 radical (unpaired) electrons. The number of hydroxylamine groups is 1. The van der Waals surface area contributed by atoms with E-state index in [-0.39, 0.29) is 5.54 Å². The van der Waals surface area contributed by atoms with Gasteiger partial charge in [0, 0.05) is 5.54 Å². The molecule has 0 atom stereocenters. The molecule has 3 heteroatoms. The summed E-state index contributed by atoms with van der Waals surface area (Å²) in [5.74, 6) is 7.90. The van der Waals surface area contributed by atoms with Gasteiger partial charge in [0.05, 0.1) is 0 Å². The van der Waals surface area contributed by atoms with Gasteiger partial charge in [-0.15, -0.1) is 0 Å². The first-order valence-electron chi connectivity index (χ1n) is 5.40. The maximum atomic E-state index is 11.4. The van der Waals surface area contributed by atoms with Crippen LogP contribution in [0.25, 0.3) is 0 Å². The number of nitrogens with zero attached hydrogens (tertiary/aromatic N) is 1. The van der Waals surface area contributed by atoms with Crippen molar-refractivity contribution in [3.63, 3.8) is 0 Å². The number of hydrogen-bond acceptors (Lipinski definition) is 3. The minimum atomic E-state index is -0.144. The maximum absolute atomic E-state index is 11.4. The molecule has 2 N–H and O–H groups in total. The second kappa shape index (κ2) is 2.47. The molecule has 0 unspecified atom stereocenters. The smallest absolute Gasteiger partial charge is 0.0225 e. The normalized spacial score (nSPS) is 53.3. The summed E-state index contributed by atoms with van der Waals surface area (Å²) in [5, 5.41) is 12.2. The van der Waals surface area contributed by atoms with Crippen molar-refractivity contribution in [3.05, 3.63) is 5.21 Å². The van der Waals surface area contributed by atoms with Crippen molar-refractivity contribution >= 4 is 0 Å². The molecule has 0 heterocycles. The Hall–Kier alpha value is -0.120. The van der Waals surface area contributed by atoms with Crippen molar-refractivity contribution < 1.29 is 0 Å². The lowest BCUT2D eigenvalue weighted by Crippen LogP contribution is -2.60. The van der Waals surface area contributed by atoms with Crippen LogP contribution >= 0.6 is 0 Å². The van der Waals surface area contributed by atoms with E-state index in [4.69, 9.17) is 5.84 Å². The predicted molar refractivity (Wildman–Crippen MR) is 50.3 cm³/mol. The number of rotatable bonds is 1. The lowest BCUT2D eigenvalue weighted by molar-refractivity contribution is -0.0712. The van der Waals surface area contributed by atoms with Crippen molar-refractivity contribution in [2.24, 2.45) is 23.6 Å². The molecule has 0 aromatic rings. The van der Waals surface area contributed by atoms with E-state index in [1.807, 2.05) is 0 Å². The van der Waals surface area contributed by atoms with Gasteiger partial charge in [-0.05, 0) is 56.3 Å². The van der Waals surface area contributed by atoms with E-state index in [2.05, 4.69) is 0 Å². The van der Waals surface area contributed by atoms with Crippen LogP contribution in [-0.4, -0.2) is 10.7 Å². The largest absolute Gasteiger partial charge is 0.771 e. The van der Waals surface area contributed by atoms with E-state index in [0.717, 1.165) is 42.2 Å². The van der Waals surface area contributed by atoms with Gasteiger partial charge >= 0.3 is 0 Å². The molecular weight excluding hydrogens is 164 g/mol. The summed E-state index contributed by atoms with van der Waals surface area (Å²) < 4.78 is 0. The summed E-state index contributed by atoms with van der Waals surface area (Å²) in [7, 11) is 0. The molecule has 4 aliphatic carbocycles. The third-order valence-corrected chi connectivity index (χ3v) is 4.47. The Morgan fingerprint density at radius 3 is 1.69 bits per heavy atom. The van der Waals surface area contributed by atoms with E-state index < -0.39 is 0 Å². The average Bonchev–Trinajstić information content (AvgIpc) is 2.00. The summed E-state index contributed by atoms with van der Waals surface area (Å²) >= 11 is 0. The third kappa shape index (κ3) is 1.07. The maximum Gasteiger partial charge on any atom is 0.0225 e. The fourth-order valence-electron chi connectivity index (χ4n) is 4.33. The molecule has 4 aliphatic rings. The summed E-state index contributed by atoms with van der Waals surface area (Å²) in [6.07, 6.45) is 7.31. The minimum Gasteiger partial charge on any atom is -0.771 e. The molecular formula is C10H17N2O-. The first-order valence-corrected chi connectivity index (χ1v) is 5.40. The standard InChI is InChI=1S/C10H17N2O/c11-12(13)10-4-7-1-8(5-10)3-9(2-7)6-10/h7-9H,1-6,11H2/q-1. The number of nitrogens with two attached hydrogens (primary N) is 1. The highest BCUT2D eigenvalue weighted by atomic mass is 16.5. The molecule has 4 rings (SSSR count). The Morgan fingerprint density at radius 2 is 1.38 bits per heavy atom. The monoisotopic (exact) mass is 181 g/mol. The lowest BCUT2D eigenvalue weighted by Gasteiger charge is -2.61. The number of hydrazine groups is 1. The molecule has 0 spiro atoms. The zero-order valence-corrected chi connectivity index (χ0v) is 7.91. The van der Waals surface area contributed by atoms with Gasteiger partial charge < -0.3 is 10.4 Å². The molecule has 0 aliphatic heterocycles. The number of hydrogen-bond donors (Lipinski definition) is 1. The van der Waals surface area contributed by atoms with Gasteiger partial charge in [-0.3, -0.25) is 5.84 Å². The molecule has 0 aromatic heterocycles. The third-order valence-electron chi connectivity index (χ3n) is 4.47. The predicted octanol–water partition coefficient (Wildman–Crippen LogP) is 1.63. The van der Waals surface area contributed by atoms with Crippen molar-refractivity contribution in [2.45, 2.75) is 44.1 Å². The fraction of sp³-hybridized carbons (Fsp3) is 1.00. The zero-order valence-electron chi connectivity index (χ0n) is 7.91. The van der Waals surface area contributed by atoms with E-state index in [0.29, 0.717) is 0 Å². The molecule has 0 saturated heterocycles. The van der Waals surface area contributed by atoms with Gasteiger partial charge in [-0.1, -0.05) is 0 Å². The Labute approximate surface area is 78.8 Å². The van der Waals surface area contributed by atoms with E-state index >= 15 is 0 Å². The van der Waals surface area contributed by atoms with Crippen LogP contribution in [0, 0.1) is 23.0 Å². The van der Waals surface area contributed by atoms with Crippen LogP contribution in [0.1, 0.15) is 38.5 Å². The van der Waals surface area contributed by atoms with Crippen LogP contribution in [0.3, 0.4) is 0 Å². The molecule has 4 fully saturated rings. The van der Waals surface area contributed by atoms with E-state index in [1.165, 1.54) is 19.3 Å². The Morgan fingerprint density at radius 1 is 1.00 bits per heavy atom. The molecule has 74 valence electrons. The fourth-order valence-corrected chi connectivity index (χ4v) is 4.33. The molecule has 0 aromatic carbocycles. The van der Waals surface area contributed by atoms with Crippen LogP contribution in [0.2, 0.25) is 0 Å².